The molecule has 1 fully saturated rings. The Hall–Kier alpha value is -3.95. The highest BCUT2D eigenvalue weighted by atomic mass is 16.6. The van der Waals surface area contributed by atoms with E-state index in [0.29, 0.717) is 5.75 Å². The van der Waals surface area contributed by atoms with Crippen molar-refractivity contribution >= 4 is 29.2 Å². The lowest BCUT2D eigenvalue weighted by Gasteiger charge is -2.25. The summed E-state index contributed by atoms with van der Waals surface area (Å²) in [6.45, 7) is 1.44. The summed E-state index contributed by atoms with van der Waals surface area (Å²) < 4.78 is 10.1. The fourth-order valence-corrected chi connectivity index (χ4v) is 3.52. The second kappa shape index (κ2) is 9.90. The summed E-state index contributed by atoms with van der Waals surface area (Å²) in [7, 11) is 1.39. The minimum Gasteiger partial charge on any atom is -0.497 e. The third-order valence-corrected chi connectivity index (χ3v) is 5.26. The molecule has 32 heavy (non-hydrogen) atoms. The molecule has 2 amide bonds. The highest BCUT2D eigenvalue weighted by Gasteiger charge is 2.38. The van der Waals surface area contributed by atoms with Crippen LogP contribution in [0.4, 0.5) is 11.4 Å². The molecule has 2 aromatic rings. The van der Waals surface area contributed by atoms with E-state index in [2.05, 4.69) is 5.32 Å². The van der Waals surface area contributed by atoms with E-state index >= 15 is 0 Å². The van der Waals surface area contributed by atoms with Gasteiger partial charge in [-0.1, -0.05) is 30.3 Å². The van der Waals surface area contributed by atoms with Crippen molar-refractivity contribution in [3.63, 3.8) is 0 Å². The number of methoxy groups -OCH3 is 1. The standard InChI is InChI=1S/C22H23N3O7/c1-14(15-6-4-3-5-7-15)24-12-16(10-21(24)27)22(28)32-13-20(26)23-18-11-17(31-2)8-9-19(18)25(29)30/h3-9,11,14,16H,10,12-13H2,1-2H3,(H,23,26)/t14-,16+/m0/s1. The average Bonchev–Trinajstić information content (AvgIpc) is 3.18. The summed E-state index contributed by atoms with van der Waals surface area (Å²) in [5, 5.41) is 13.5. The van der Waals surface area contributed by atoms with Gasteiger partial charge in [0.15, 0.2) is 6.61 Å². The molecule has 2 atom stereocenters. The minimum atomic E-state index is -0.742. The maximum Gasteiger partial charge on any atom is 0.311 e. The van der Waals surface area contributed by atoms with Crippen LogP contribution in [0, 0.1) is 16.0 Å². The number of nitrogens with one attached hydrogen (secondary N) is 1. The van der Waals surface area contributed by atoms with Crippen molar-refractivity contribution in [1.29, 1.82) is 0 Å². The van der Waals surface area contributed by atoms with Crippen molar-refractivity contribution in [2.75, 3.05) is 25.6 Å². The molecule has 10 nitrogen and oxygen atoms in total. The van der Waals surface area contributed by atoms with Crippen LogP contribution < -0.4 is 10.1 Å². The van der Waals surface area contributed by atoms with Gasteiger partial charge in [0, 0.05) is 25.1 Å². The van der Waals surface area contributed by atoms with Crippen LogP contribution >= 0.6 is 0 Å². The number of anilines is 1. The number of carbonyl (C=O) groups is 3. The number of carbonyl (C=O) groups excluding carboxylic acids is 3. The number of nitro groups is 1. The van der Waals surface area contributed by atoms with E-state index in [1.807, 2.05) is 37.3 Å². The number of nitro benzene ring substituents is 1. The van der Waals surface area contributed by atoms with Crippen LogP contribution in [-0.4, -0.2) is 47.9 Å². The van der Waals surface area contributed by atoms with E-state index in [9.17, 15) is 24.5 Å². The third-order valence-electron chi connectivity index (χ3n) is 5.26. The first-order valence-electron chi connectivity index (χ1n) is 9.93. The zero-order valence-electron chi connectivity index (χ0n) is 17.6. The topological polar surface area (TPSA) is 128 Å². The highest BCUT2D eigenvalue weighted by Crippen LogP contribution is 2.30. The van der Waals surface area contributed by atoms with Gasteiger partial charge in [-0.2, -0.15) is 0 Å². The summed E-state index contributed by atoms with van der Waals surface area (Å²) in [5.74, 6) is -1.95. The first-order chi connectivity index (χ1) is 15.3. The van der Waals surface area contributed by atoms with Gasteiger partial charge in [-0.25, -0.2) is 0 Å². The minimum absolute atomic E-state index is 0.00101. The van der Waals surface area contributed by atoms with Crippen LogP contribution in [0.3, 0.4) is 0 Å². The molecule has 0 spiro atoms. The maximum absolute atomic E-state index is 12.4. The molecular weight excluding hydrogens is 418 g/mol. The molecule has 0 aromatic heterocycles. The van der Waals surface area contributed by atoms with Gasteiger partial charge in [-0.15, -0.1) is 0 Å². The molecule has 0 unspecified atom stereocenters. The van der Waals surface area contributed by atoms with Crippen LogP contribution in [0.25, 0.3) is 0 Å². The number of ether oxygens (including phenoxy) is 2. The Morgan fingerprint density at radius 2 is 1.97 bits per heavy atom. The van der Waals surface area contributed by atoms with Gasteiger partial charge in [-0.05, 0) is 18.6 Å². The lowest BCUT2D eigenvalue weighted by molar-refractivity contribution is -0.383. The molecule has 1 aliphatic heterocycles. The molecule has 1 N–H and O–H groups in total. The van der Waals surface area contributed by atoms with Crippen LogP contribution in [0.15, 0.2) is 48.5 Å². The SMILES string of the molecule is COc1ccc([N+](=O)[O-])c(NC(=O)COC(=O)[C@@H]2CC(=O)N([C@@H](C)c3ccccc3)C2)c1. The summed E-state index contributed by atoms with van der Waals surface area (Å²) in [6.07, 6.45) is -0.00101. The van der Waals surface area contributed by atoms with E-state index < -0.39 is 29.3 Å². The summed E-state index contributed by atoms with van der Waals surface area (Å²) >= 11 is 0. The van der Waals surface area contributed by atoms with Crippen LogP contribution in [0.2, 0.25) is 0 Å². The largest absolute Gasteiger partial charge is 0.497 e. The van der Waals surface area contributed by atoms with E-state index in [-0.39, 0.29) is 36.3 Å². The molecule has 1 heterocycles. The van der Waals surface area contributed by atoms with Crippen LogP contribution in [0.1, 0.15) is 24.9 Å². The number of rotatable bonds is 8. The van der Waals surface area contributed by atoms with Gasteiger partial charge in [-0.3, -0.25) is 24.5 Å². The van der Waals surface area contributed by atoms with Gasteiger partial charge in [0.2, 0.25) is 5.91 Å². The van der Waals surface area contributed by atoms with E-state index in [1.165, 1.54) is 25.3 Å². The number of likely N-dealkylation sites (tertiary alicyclic amines) is 1. The van der Waals surface area contributed by atoms with Crippen LogP contribution in [-0.2, 0) is 19.1 Å². The third kappa shape index (κ3) is 5.20. The molecule has 0 radical (unpaired) electrons. The molecule has 0 saturated carbocycles. The van der Waals surface area contributed by atoms with E-state index in [0.717, 1.165) is 5.56 Å². The Bertz CT molecular complexity index is 1030. The van der Waals surface area contributed by atoms with Crippen molar-refractivity contribution in [3.05, 3.63) is 64.2 Å². The quantitative estimate of drug-likeness (QED) is 0.379. The Morgan fingerprint density at radius 3 is 2.62 bits per heavy atom. The molecule has 0 bridgehead atoms. The highest BCUT2D eigenvalue weighted by molar-refractivity contribution is 5.95. The van der Waals surface area contributed by atoms with E-state index in [4.69, 9.17) is 9.47 Å². The molecule has 10 heteroatoms. The Labute approximate surface area is 184 Å². The normalized spacial score (nSPS) is 16.4. The van der Waals surface area contributed by atoms with Gasteiger partial charge in [0.05, 0.1) is 24.0 Å². The summed E-state index contributed by atoms with van der Waals surface area (Å²) in [6, 6.07) is 13.2. The number of hydrogen-bond donors (Lipinski definition) is 1. The second-order valence-corrected chi connectivity index (χ2v) is 7.33. The summed E-state index contributed by atoms with van der Waals surface area (Å²) in [4.78, 5) is 49.1. The first-order valence-corrected chi connectivity index (χ1v) is 9.93. The van der Waals surface area contributed by atoms with Crippen LogP contribution in [0.5, 0.6) is 5.75 Å². The number of amides is 2. The monoisotopic (exact) mass is 441 g/mol. The van der Waals surface area contributed by atoms with Gasteiger partial charge in [0.1, 0.15) is 11.4 Å². The van der Waals surface area contributed by atoms with Gasteiger partial charge >= 0.3 is 5.97 Å². The zero-order chi connectivity index (χ0) is 23.3. The van der Waals surface area contributed by atoms with Crippen molar-refractivity contribution in [2.45, 2.75) is 19.4 Å². The molecule has 1 aliphatic rings. The molecule has 168 valence electrons. The molecule has 0 aliphatic carbocycles. The van der Waals surface area contributed by atoms with Crippen molar-refractivity contribution in [3.8, 4) is 5.75 Å². The number of esters is 1. The number of benzene rings is 2. The second-order valence-electron chi connectivity index (χ2n) is 7.33. The van der Waals surface area contributed by atoms with E-state index in [1.54, 1.807) is 4.90 Å². The van der Waals surface area contributed by atoms with Gasteiger partial charge in [0.25, 0.3) is 11.6 Å². The number of hydrogen-bond acceptors (Lipinski definition) is 7. The first kappa shape index (κ1) is 22.7. The Morgan fingerprint density at radius 1 is 1.25 bits per heavy atom. The van der Waals surface area contributed by atoms with Gasteiger partial charge < -0.3 is 19.7 Å². The maximum atomic E-state index is 12.4. The Balaban J connectivity index is 1.56. The van der Waals surface area contributed by atoms with Crippen molar-refractivity contribution in [2.24, 2.45) is 5.92 Å². The smallest absolute Gasteiger partial charge is 0.311 e. The Kier molecular flexibility index (Phi) is 7.04. The predicted molar refractivity (Wildman–Crippen MR) is 114 cm³/mol. The molecular formula is C22H23N3O7. The average molecular weight is 441 g/mol. The summed E-state index contributed by atoms with van der Waals surface area (Å²) in [5.41, 5.74) is 0.556. The molecule has 2 aromatic carbocycles. The zero-order valence-corrected chi connectivity index (χ0v) is 17.6. The van der Waals surface area contributed by atoms with Crippen molar-refractivity contribution in [1.82, 2.24) is 4.90 Å². The molecule has 1 saturated heterocycles. The van der Waals surface area contributed by atoms with Crippen molar-refractivity contribution < 1.29 is 28.8 Å². The fourth-order valence-electron chi connectivity index (χ4n) is 3.52. The molecule has 3 rings (SSSR count). The predicted octanol–water partition coefficient (Wildman–Crippen LogP) is 2.69. The lowest BCUT2D eigenvalue weighted by atomic mass is 10.1. The lowest BCUT2D eigenvalue weighted by Crippen LogP contribution is -2.30. The number of nitrogens with zero attached hydrogens (tertiary/aromatic N) is 2. The fraction of sp³-hybridized carbons (Fsp3) is 0.318.